The van der Waals surface area contributed by atoms with Crippen molar-refractivity contribution in [1.29, 1.82) is 0 Å². The SMILES string of the molecule is Cc1ccc(-c2nc(NCCOCCO)c3ccccc3n2)cn1. The van der Waals surface area contributed by atoms with Crippen LogP contribution in [0.4, 0.5) is 5.82 Å². The molecular weight excluding hydrogens is 304 g/mol. The van der Waals surface area contributed by atoms with E-state index in [-0.39, 0.29) is 6.61 Å². The van der Waals surface area contributed by atoms with Gasteiger partial charge in [-0.05, 0) is 31.2 Å². The van der Waals surface area contributed by atoms with Crippen molar-refractivity contribution >= 4 is 16.7 Å². The highest BCUT2D eigenvalue weighted by molar-refractivity contribution is 5.90. The van der Waals surface area contributed by atoms with E-state index in [9.17, 15) is 0 Å². The van der Waals surface area contributed by atoms with Crippen molar-refractivity contribution in [2.75, 3.05) is 31.7 Å². The van der Waals surface area contributed by atoms with E-state index in [1.807, 2.05) is 43.3 Å². The maximum atomic E-state index is 8.73. The lowest BCUT2D eigenvalue weighted by atomic mass is 10.2. The average Bonchev–Trinajstić information content (AvgIpc) is 2.62. The highest BCUT2D eigenvalue weighted by atomic mass is 16.5. The van der Waals surface area contributed by atoms with Crippen LogP contribution in [0.5, 0.6) is 0 Å². The fourth-order valence-electron chi connectivity index (χ4n) is 2.35. The van der Waals surface area contributed by atoms with Gasteiger partial charge in [-0.3, -0.25) is 4.98 Å². The number of aliphatic hydroxyl groups excluding tert-OH is 1. The summed E-state index contributed by atoms with van der Waals surface area (Å²) < 4.78 is 5.28. The van der Waals surface area contributed by atoms with Crippen LogP contribution in [0.2, 0.25) is 0 Å². The van der Waals surface area contributed by atoms with Crippen LogP contribution in [0.15, 0.2) is 42.6 Å². The van der Waals surface area contributed by atoms with Gasteiger partial charge in [0.2, 0.25) is 0 Å². The van der Waals surface area contributed by atoms with Crippen LogP contribution >= 0.6 is 0 Å². The summed E-state index contributed by atoms with van der Waals surface area (Å²) in [5, 5.41) is 13.0. The summed E-state index contributed by atoms with van der Waals surface area (Å²) in [4.78, 5) is 13.6. The van der Waals surface area contributed by atoms with E-state index in [0.717, 1.165) is 28.0 Å². The number of pyridine rings is 1. The molecule has 0 radical (unpaired) electrons. The van der Waals surface area contributed by atoms with Gasteiger partial charge in [-0.15, -0.1) is 0 Å². The number of hydrogen-bond acceptors (Lipinski definition) is 6. The summed E-state index contributed by atoms with van der Waals surface area (Å²) in [6, 6.07) is 11.8. The Bertz CT molecular complexity index is 806. The fraction of sp³-hybridized carbons (Fsp3) is 0.278. The summed E-state index contributed by atoms with van der Waals surface area (Å²) in [6.45, 7) is 3.42. The molecule has 124 valence electrons. The maximum absolute atomic E-state index is 8.73. The van der Waals surface area contributed by atoms with Crippen molar-refractivity contribution in [3.8, 4) is 11.4 Å². The molecule has 0 aliphatic heterocycles. The lowest BCUT2D eigenvalue weighted by Crippen LogP contribution is -2.13. The first-order chi connectivity index (χ1) is 11.8. The quantitative estimate of drug-likeness (QED) is 0.650. The lowest BCUT2D eigenvalue weighted by molar-refractivity contribution is 0.0992. The third-order valence-electron chi connectivity index (χ3n) is 3.55. The summed E-state index contributed by atoms with van der Waals surface area (Å²) in [5.74, 6) is 1.41. The molecule has 0 unspecified atom stereocenters. The van der Waals surface area contributed by atoms with Gasteiger partial charge >= 0.3 is 0 Å². The number of aliphatic hydroxyl groups is 1. The van der Waals surface area contributed by atoms with E-state index in [1.165, 1.54) is 0 Å². The van der Waals surface area contributed by atoms with E-state index in [1.54, 1.807) is 6.20 Å². The number of nitrogens with one attached hydrogen (secondary N) is 1. The Kier molecular flexibility index (Phi) is 5.30. The van der Waals surface area contributed by atoms with Crippen LogP contribution < -0.4 is 5.32 Å². The Hall–Kier alpha value is -2.57. The van der Waals surface area contributed by atoms with Gasteiger partial charge in [0.1, 0.15) is 5.82 Å². The molecule has 0 aliphatic rings. The number of hydrogen-bond donors (Lipinski definition) is 2. The van der Waals surface area contributed by atoms with E-state index in [0.29, 0.717) is 25.6 Å². The third-order valence-corrected chi connectivity index (χ3v) is 3.55. The van der Waals surface area contributed by atoms with Crippen molar-refractivity contribution in [3.05, 3.63) is 48.3 Å². The van der Waals surface area contributed by atoms with Gasteiger partial charge in [0.25, 0.3) is 0 Å². The highest BCUT2D eigenvalue weighted by Gasteiger charge is 2.09. The van der Waals surface area contributed by atoms with Crippen molar-refractivity contribution in [2.45, 2.75) is 6.92 Å². The third kappa shape index (κ3) is 3.84. The molecule has 6 heteroatoms. The van der Waals surface area contributed by atoms with Crippen molar-refractivity contribution < 1.29 is 9.84 Å². The van der Waals surface area contributed by atoms with Gasteiger partial charge in [0, 0.05) is 29.4 Å². The summed E-state index contributed by atoms with van der Waals surface area (Å²) >= 11 is 0. The highest BCUT2D eigenvalue weighted by Crippen LogP contribution is 2.24. The molecule has 2 N–H and O–H groups in total. The molecule has 0 fully saturated rings. The molecule has 0 saturated heterocycles. The minimum Gasteiger partial charge on any atom is -0.394 e. The number of anilines is 1. The normalized spacial score (nSPS) is 10.9. The van der Waals surface area contributed by atoms with E-state index in [2.05, 4.69) is 20.3 Å². The molecule has 0 amide bonds. The van der Waals surface area contributed by atoms with Crippen LogP contribution in [0.1, 0.15) is 5.69 Å². The zero-order valence-electron chi connectivity index (χ0n) is 13.6. The zero-order valence-corrected chi connectivity index (χ0v) is 13.6. The van der Waals surface area contributed by atoms with Crippen LogP contribution in [0.3, 0.4) is 0 Å². The van der Waals surface area contributed by atoms with Crippen molar-refractivity contribution in [2.24, 2.45) is 0 Å². The van der Waals surface area contributed by atoms with Crippen LogP contribution in [-0.2, 0) is 4.74 Å². The molecule has 2 heterocycles. The number of aryl methyl sites for hydroxylation is 1. The Morgan fingerprint density at radius 3 is 2.75 bits per heavy atom. The van der Waals surface area contributed by atoms with Gasteiger partial charge in [0.05, 0.1) is 25.3 Å². The fourth-order valence-corrected chi connectivity index (χ4v) is 2.35. The maximum Gasteiger partial charge on any atom is 0.163 e. The van der Waals surface area contributed by atoms with Crippen LogP contribution in [-0.4, -0.2) is 46.4 Å². The zero-order chi connectivity index (χ0) is 16.8. The van der Waals surface area contributed by atoms with Gasteiger partial charge in [-0.1, -0.05) is 12.1 Å². The van der Waals surface area contributed by atoms with Crippen molar-refractivity contribution in [3.63, 3.8) is 0 Å². The number of aromatic nitrogens is 3. The van der Waals surface area contributed by atoms with Crippen molar-refractivity contribution in [1.82, 2.24) is 15.0 Å². The smallest absolute Gasteiger partial charge is 0.163 e. The second-order valence-corrected chi connectivity index (χ2v) is 5.36. The lowest BCUT2D eigenvalue weighted by Gasteiger charge is -2.11. The van der Waals surface area contributed by atoms with E-state index in [4.69, 9.17) is 9.84 Å². The first kappa shape index (κ1) is 16.3. The van der Waals surface area contributed by atoms with Gasteiger partial charge < -0.3 is 15.2 Å². The predicted octanol–water partition coefficient (Wildman–Crippen LogP) is 2.42. The number of ether oxygens (including phenoxy) is 1. The number of benzene rings is 1. The first-order valence-electron chi connectivity index (χ1n) is 7.90. The molecule has 0 atom stereocenters. The second kappa shape index (κ2) is 7.81. The molecule has 0 spiro atoms. The first-order valence-corrected chi connectivity index (χ1v) is 7.90. The second-order valence-electron chi connectivity index (χ2n) is 5.36. The topological polar surface area (TPSA) is 80.2 Å². The molecule has 0 aliphatic carbocycles. The van der Waals surface area contributed by atoms with Crippen LogP contribution in [0.25, 0.3) is 22.3 Å². The Labute approximate surface area is 140 Å². The number of rotatable bonds is 7. The van der Waals surface area contributed by atoms with Crippen LogP contribution in [0, 0.1) is 6.92 Å². The molecule has 1 aromatic carbocycles. The standard InChI is InChI=1S/C18H20N4O2/c1-13-6-7-14(12-20-13)17-21-16-5-3-2-4-15(16)18(22-17)19-8-10-24-11-9-23/h2-7,12,23H,8-11H2,1H3,(H,19,21,22). The largest absolute Gasteiger partial charge is 0.394 e. The summed E-state index contributed by atoms with van der Waals surface area (Å²) in [5.41, 5.74) is 2.71. The monoisotopic (exact) mass is 324 g/mol. The molecule has 0 bridgehead atoms. The minimum atomic E-state index is 0.0288. The molecule has 2 aromatic heterocycles. The molecule has 3 aromatic rings. The molecular formula is C18H20N4O2. The van der Waals surface area contributed by atoms with Gasteiger partial charge in [-0.25, -0.2) is 9.97 Å². The number of para-hydroxylation sites is 1. The van der Waals surface area contributed by atoms with Gasteiger partial charge in [0.15, 0.2) is 5.82 Å². The Balaban J connectivity index is 1.89. The van der Waals surface area contributed by atoms with E-state index < -0.39 is 0 Å². The minimum absolute atomic E-state index is 0.0288. The predicted molar refractivity (Wildman–Crippen MR) is 93.9 cm³/mol. The number of nitrogens with zero attached hydrogens (tertiary/aromatic N) is 3. The molecule has 24 heavy (non-hydrogen) atoms. The van der Waals surface area contributed by atoms with E-state index >= 15 is 0 Å². The number of fused-ring (bicyclic) bond motifs is 1. The molecule has 3 rings (SSSR count). The Morgan fingerprint density at radius 1 is 1.08 bits per heavy atom. The average molecular weight is 324 g/mol. The Morgan fingerprint density at radius 2 is 1.96 bits per heavy atom. The molecule has 6 nitrogen and oxygen atoms in total. The van der Waals surface area contributed by atoms with Gasteiger partial charge in [-0.2, -0.15) is 0 Å². The molecule has 0 saturated carbocycles. The summed E-state index contributed by atoms with van der Waals surface area (Å²) in [7, 11) is 0. The summed E-state index contributed by atoms with van der Waals surface area (Å²) in [6.07, 6.45) is 1.79.